The summed E-state index contributed by atoms with van der Waals surface area (Å²) in [6, 6.07) is 0. The van der Waals surface area contributed by atoms with Crippen molar-refractivity contribution in [3.8, 4) is 0 Å². The second kappa shape index (κ2) is 7.15. The van der Waals surface area contributed by atoms with E-state index in [-0.39, 0.29) is 22.3 Å². The van der Waals surface area contributed by atoms with Crippen molar-refractivity contribution in [2.45, 2.75) is 98.3 Å². The topological polar surface area (TPSA) is 43.4 Å². The standard InChI is InChI=1S/C25H40O3Si/c1-23(2,3)15-25-16(13-17(26)14-22(25)28-29(5)6)7-8-18-19-9-10-21(27)24(19,4)12-11-20(18)25/h7,18-20,22,29H,8-15H2,1-6H3/t18-,19-,20-,22?,24-,25-/m0/s1. The van der Waals surface area contributed by atoms with Crippen LogP contribution in [0.5, 0.6) is 0 Å². The lowest BCUT2D eigenvalue weighted by Gasteiger charge is -2.61. The Balaban J connectivity index is 1.82. The maximum absolute atomic E-state index is 12.8. The van der Waals surface area contributed by atoms with E-state index in [9.17, 15) is 9.59 Å². The molecule has 3 saturated carbocycles. The Morgan fingerprint density at radius 1 is 1.17 bits per heavy atom. The van der Waals surface area contributed by atoms with E-state index in [1.807, 2.05) is 0 Å². The van der Waals surface area contributed by atoms with Crippen LogP contribution >= 0.6 is 0 Å². The van der Waals surface area contributed by atoms with Gasteiger partial charge in [0.05, 0.1) is 6.10 Å². The second-order valence-electron chi connectivity index (χ2n) is 12.1. The average Bonchev–Trinajstić information content (AvgIpc) is 2.89. The Kier molecular flexibility index (Phi) is 5.30. The summed E-state index contributed by atoms with van der Waals surface area (Å²) < 4.78 is 6.70. The molecule has 1 unspecified atom stereocenters. The molecule has 0 bridgehead atoms. The summed E-state index contributed by atoms with van der Waals surface area (Å²) in [5.74, 6) is 2.49. The number of hydrogen-bond donors (Lipinski definition) is 0. The number of allylic oxidation sites excluding steroid dienone is 1. The largest absolute Gasteiger partial charge is 0.416 e. The summed E-state index contributed by atoms with van der Waals surface area (Å²) in [5.41, 5.74) is 1.44. The summed E-state index contributed by atoms with van der Waals surface area (Å²) in [6.07, 6.45) is 9.79. The zero-order chi connectivity index (χ0) is 21.2. The lowest BCUT2D eigenvalue weighted by Crippen LogP contribution is -2.58. The number of carbonyl (C=O) groups excluding carboxylic acids is 2. The Morgan fingerprint density at radius 2 is 1.90 bits per heavy atom. The maximum atomic E-state index is 12.8. The third-order valence-corrected chi connectivity index (χ3v) is 9.55. The maximum Gasteiger partial charge on any atom is 0.171 e. The van der Waals surface area contributed by atoms with Crippen molar-refractivity contribution < 1.29 is 14.0 Å². The first kappa shape index (κ1) is 21.5. The molecule has 29 heavy (non-hydrogen) atoms. The Morgan fingerprint density at radius 3 is 2.55 bits per heavy atom. The van der Waals surface area contributed by atoms with E-state index in [0.29, 0.717) is 42.2 Å². The molecule has 4 aliphatic rings. The van der Waals surface area contributed by atoms with Gasteiger partial charge in [-0.05, 0) is 68.4 Å². The third-order valence-electron chi connectivity index (χ3n) is 8.68. The van der Waals surface area contributed by atoms with E-state index < -0.39 is 9.04 Å². The van der Waals surface area contributed by atoms with Crippen LogP contribution in [0.15, 0.2) is 11.6 Å². The van der Waals surface area contributed by atoms with Gasteiger partial charge in [-0.3, -0.25) is 9.59 Å². The Hall–Kier alpha value is -0.743. The van der Waals surface area contributed by atoms with Crippen molar-refractivity contribution in [2.24, 2.45) is 34.0 Å². The van der Waals surface area contributed by atoms with Crippen LogP contribution in [0, 0.1) is 34.0 Å². The summed E-state index contributed by atoms with van der Waals surface area (Å²) >= 11 is 0. The summed E-state index contributed by atoms with van der Waals surface area (Å²) in [5, 5.41) is 0. The van der Waals surface area contributed by atoms with E-state index in [1.54, 1.807) is 0 Å². The molecule has 4 rings (SSSR count). The molecule has 162 valence electrons. The minimum absolute atomic E-state index is 0.0146. The number of rotatable bonds is 3. The third kappa shape index (κ3) is 3.42. The molecular formula is C25H40O3Si. The quantitative estimate of drug-likeness (QED) is 0.452. The minimum Gasteiger partial charge on any atom is -0.416 e. The number of carbonyl (C=O) groups is 2. The van der Waals surface area contributed by atoms with Gasteiger partial charge in [-0.1, -0.05) is 39.3 Å². The monoisotopic (exact) mass is 416 g/mol. The first-order valence-corrected chi connectivity index (χ1v) is 14.7. The molecule has 0 heterocycles. The fraction of sp³-hybridized carbons (Fsp3) is 0.840. The molecule has 0 aromatic heterocycles. The van der Waals surface area contributed by atoms with Crippen LogP contribution in [0.2, 0.25) is 13.1 Å². The van der Waals surface area contributed by atoms with Crippen LogP contribution in [0.1, 0.15) is 79.1 Å². The SMILES string of the molecule is C[SiH](C)OC1CC(=O)CC2=CC[C@H]3[C@@H]4CCC(=O)[C@@]4(C)CC[C@@H]3[C@]21CC(C)(C)C. The summed E-state index contributed by atoms with van der Waals surface area (Å²) in [7, 11) is -1.28. The summed E-state index contributed by atoms with van der Waals surface area (Å²) in [6.45, 7) is 13.8. The van der Waals surface area contributed by atoms with Crippen molar-refractivity contribution in [2.75, 3.05) is 0 Å². The van der Waals surface area contributed by atoms with E-state index in [1.165, 1.54) is 5.57 Å². The average molecular weight is 417 g/mol. The fourth-order valence-electron chi connectivity index (χ4n) is 7.82. The van der Waals surface area contributed by atoms with Crippen LogP contribution < -0.4 is 0 Å². The minimum atomic E-state index is -1.28. The molecular weight excluding hydrogens is 376 g/mol. The van der Waals surface area contributed by atoms with Crippen molar-refractivity contribution in [1.29, 1.82) is 0 Å². The van der Waals surface area contributed by atoms with E-state index >= 15 is 0 Å². The number of ketones is 2. The zero-order valence-corrected chi connectivity index (χ0v) is 20.5. The molecule has 0 spiro atoms. The molecule has 0 amide bonds. The van der Waals surface area contributed by atoms with Crippen molar-refractivity contribution in [3.05, 3.63) is 11.6 Å². The van der Waals surface area contributed by atoms with Crippen LogP contribution in [0.4, 0.5) is 0 Å². The second-order valence-corrected chi connectivity index (χ2v) is 14.5. The predicted molar refractivity (Wildman–Crippen MR) is 119 cm³/mol. The molecule has 0 aliphatic heterocycles. The molecule has 3 fully saturated rings. The zero-order valence-electron chi connectivity index (χ0n) is 19.3. The molecule has 0 N–H and O–H groups in total. The lowest BCUT2D eigenvalue weighted by molar-refractivity contribution is -0.140. The van der Waals surface area contributed by atoms with Gasteiger partial charge in [0.1, 0.15) is 11.6 Å². The molecule has 4 aliphatic carbocycles. The van der Waals surface area contributed by atoms with E-state index in [2.05, 4.69) is 46.9 Å². The number of hydrogen-bond acceptors (Lipinski definition) is 3. The molecule has 6 atom stereocenters. The molecule has 0 radical (unpaired) electrons. The number of fused-ring (bicyclic) bond motifs is 5. The highest BCUT2D eigenvalue weighted by Gasteiger charge is 2.63. The Bertz CT molecular complexity index is 733. The van der Waals surface area contributed by atoms with Crippen LogP contribution in [-0.2, 0) is 14.0 Å². The van der Waals surface area contributed by atoms with Crippen molar-refractivity contribution in [3.63, 3.8) is 0 Å². The summed E-state index contributed by atoms with van der Waals surface area (Å²) in [4.78, 5) is 25.5. The molecule has 0 aromatic carbocycles. The number of Topliss-reactive ketones (excluding diaryl/α,β-unsaturated/α-hetero) is 2. The molecule has 4 heteroatoms. The van der Waals surface area contributed by atoms with Gasteiger partial charge in [0.2, 0.25) is 0 Å². The van der Waals surface area contributed by atoms with Gasteiger partial charge in [0.15, 0.2) is 9.04 Å². The van der Waals surface area contributed by atoms with Crippen LogP contribution in [0.25, 0.3) is 0 Å². The van der Waals surface area contributed by atoms with Gasteiger partial charge in [-0.2, -0.15) is 0 Å². The van der Waals surface area contributed by atoms with Gasteiger partial charge in [-0.25, -0.2) is 0 Å². The highest BCUT2D eigenvalue weighted by Crippen LogP contribution is 2.66. The van der Waals surface area contributed by atoms with E-state index in [0.717, 1.165) is 38.5 Å². The van der Waals surface area contributed by atoms with Crippen LogP contribution in [-0.4, -0.2) is 26.7 Å². The molecule has 0 aromatic rings. The normalized spacial score (nSPS) is 42.4. The van der Waals surface area contributed by atoms with Gasteiger partial charge in [0, 0.05) is 30.1 Å². The first-order valence-electron chi connectivity index (χ1n) is 11.9. The van der Waals surface area contributed by atoms with Crippen molar-refractivity contribution in [1.82, 2.24) is 0 Å². The highest BCUT2D eigenvalue weighted by atomic mass is 28.3. The van der Waals surface area contributed by atoms with Gasteiger partial charge in [0.25, 0.3) is 0 Å². The van der Waals surface area contributed by atoms with Gasteiger partial charge >= 0.3 is 0 Å². The lowest BCUT2D eigenvalue weighted by atomic mass is 9.44. The van der Waals surface area contributed by atoms with Gasteiger partial charge in [-0.15, -0.1) is 0 Å². The molecule has 0 saturated heterocycles. The first-order chi connectivity index (χ1) is 13.5. The Labute approximate surface area is 178 Å². The van der Waals surface area contributed by atoms with Crippen molar-refractivity contribution >= 4 is 20.6 Å². The highest BCUT2D eigenvalue weighted by molar-refractivity contribution is 6.48. The predicted octanol–water partition coefficient (Wildman–Crippen LogP) is 5.48. The smallest absolute Gasteiger partial charge is 0.171 e. The molecule has 3 nitrogen and oxygen atoms in total. The van der Waals surface area contributed by atoms with E-state index in [4.69, 9.17) is 4.43 Å². The fourth-order valence-corrected chi connectivity index (χ4v) is 8.82. The van der Waals surface area contributed by atoms with Crippen LogP contribution in [0.3, 0.4) is 0 Å². The van der Waals surface area contributed by atoms with Gasteiger partial charge < -0.3 is 4.43 Å².